The number of halogens is 1. The van der Waals surface area contributed by atoms with Gasteiger partial charge in [0.15, 0.2) is 0 Å². The van der Waals surface area contributed by atoms with Gasteiger partial charge in [0.05, 0.1) is 35.1 Å². The first-order valence-electron chi connectivity index (χ1n) is 15.0. The number of aromatic amines is 1. The Morgan fingerprint density at radius 2 is 1.95 bits per heavy atom. The Balaban J connectivity index is 1.34. The van der Waals surface area contributed by atoms with E-state index in [2.05, 4.69) is 27.4 Å². The van der Waals surface area contributed by atoms with Gasteiger partial charge < -0.3 is 34.7 Å². The Bertz CT molecular complexity index is 1270. The molecule has 1 aliphatic carbocycles. The van der Waals surface area contributed by atoms with Gasteiger partial charge in [-0.05, 0) is 76.5 Å². The Morgan fingerprint density at radius 1 is 1.17 bits per heavy atom. The SMILES string of the molecule is CCN(c1cc(OC2CC(CC3CNCCO3)C2)cc(C(=O)NCc2c(C)cc(C)[nH]c2=O)c1Cl)C1CCOCC1. The number of anilines is 1. The number of carbonyl (C=O) groups excluding carboxylic acids is 1. The number of ether oxygens (including phenoxy) is 3. The van der Waals surface area contributed by atoms with Crippen LogP contribution in [-0.4, -0.2) is 68.6 Å². The number of amides is 1. The number of hydrogen-bond donors (Lipinski definition) is 3. The average Bonchev–Trinajstić information content (AvgIpc) is 2.94. The first-order valence-corrected chi connectivity index (χ1v) is 15.3. The third-order valence-corrected chi connectivity index (χ3v) is 8.97. The number of hydrogen-bond acceptors (Lipinski definition) is 7. The maximum Gasteiger partial charge on any atom is 0.253 e. The first-order chi connectivity index (χ1) is 19.8. The molecule has 1 amide bonds. The fraction of sp³-hybridized carbons (Fsp3) is 0.613. The van der Waals surface area contributed by atoms with E-state index in [1.165, 1.54) is 0 Å². The molecule has 3 fully saturated rings. The first kappa shape index (κ1) is 29.9. The summed E-state index contributed by atoms with van der Waals surface area (Å²) < 4.78 is 17.9. The average molecular weight is 587 g/mol. The molecule has 3 N–H and O–H groups in total. The van der Waals surface area contributed by atoms with Crippen molar-refractivity contribution in [3.8, 4) is 5.75 Å². The Morgan fingerprint density at radius 3 is 2.63 bits per heavy atom. The largest absolute Gasteiger partial charge is 0.490 e. The summed E-state index contributed by atoms with van der Waals surface area (Å²) in [6.07, 6.45) is 5.13. The number of rotatable bonds is 10. The number of carbonyl (C=O) groups is 1. The van der Waals surface area contributed by atoms with Crippen molar-refractivity contribution in [1.29, 1.82) is 0 Å². The maximum atomic E-state index is 13.5. The number of H-pyrrole nitrogens is 1. The predicted molar refractivity (Wildman–Crippen MR) is 160 cm³/mol. The Labute approximate surface area is 247 Å². The van der Waals surface area contributed by atoms with E-state index in [0.717, 1.165) is 75.3 Å². The lowest BCUT2D eigenvalue weighted by Crippen LogP contribution is -2.43. The number of nitrogens with zero attached hydrogens (tertiary/aromatic N) is 1. The van der Waals surface area contributed by atoms with Crippen molar-refractivity contribution < 1.29 is 19.0 Å². The highest BCUT2D eigenvalue weighted by atomic mass is 35.5. The van der Waals surface area contributed by atoms with Crippen molar-refractivity contribution in [3.63, 3.8) is 0 Å². The second-order valence-corrected chi connectivity index (χ2v) is 11.9. The fourth-order valence-corrected chi connectivity index (χ4v) is 6.61. The molecule has 3 aliphatic rings. The van der Waals surface area contributed by atoms with Gasteiger partial charge in [0, 0.05) is 62.8 Å². The van der Waals surface area contributed by atoms with Crippen LogP contribution in [0.15, 0.2) is 23.0 Å². The molecule has 9 nitrogen and oxygen atoms in total. The summed E-state index contributed by atoms with van der Waals surface area (Å²) in [6, 6.07) is 5.89. The summed E-state index contributed by atoms with van der Waals surface area (Å²) in [6.45, 7) is 10.7. The lowest BCUT2D eigenvalue weighted by atomic mass is 9.78. The van der Waals surface area contributed by atoms with Crippen LogP contribution in [0.5, 0.6) is 5.75 Å². The van der Waals surface area contributed by atoms with Gasteiger partial charge in [0.1, 0.15) is 5.75 Å². The van der Waals surface area contributed by atoms with Crippen LogP contribution in [0.3, 0.4) is 0 Å². The third kappa shape index (κ3) is 7.25. The minimum absolute atomic E-state index is 0.0911. The zero-order valence-corrected chi connectivity index (χ0v) is 25.1. The van der Waals surface area contributed by atoms with E-state index in [1.54, 1.807) is 6.07 Å². The van der Waals surface area contributed by atoms with Gasteiger partial charge in [-0.2, -0.15) is 0 Å². The summed E-state index contributed by atoms with van der Waals surface area (Å²) in [5.41, 5.74) is 3.10. The molecule has 1 aromatic heterocycles. The van der Waals surface area contributed by atoms with Crippen molar-refractivity contribution >= 4 is 23.2 Å². The summed E-state index contributed by atoms with van der Waals surface area (Å²) >= 11 is 6.97. The van der Waals surface area contributed by atoms with Crippen LogP contribution >= 0.6 is 11.6 Å². The van der Waals surface area contributed by atoms with E-state index in [0.29, 0.717) is 41.0 Å². The molecular weight excluding hydrogens is 544 g/mol. The second kappa shape index (κ2) is 13.6. The van der Waals surface area contributed by atoms with Crippen LogP contribution < -0.4 is 25.8 Å². The van der Waals surface area contributed by atoms with Crippen molar-refractivity contribution in [2.24, 2.45) is 5.92 Å². The Kier molecular flexibility index (Phi) is 9.91. The topological polar surface area (TPSA) is 105 Å². The number of aromatic nitrogens is 1. The minimum atomic E-state index is -0.336. The normalized spacial score (nSPS) is 23.1. The number of nitrogens with one attached hydrogen (secondary N) is 3. The van der Waals surface area contributed by atoms with Crippen LogP contribution in [-0.2, 0) is 16.0 Å². The molecule has 0 spiro atoms. The molecule has 3 heterocycles. The molecule has 1 unspecified atom stereocenters. The molecule has 5 rings (SSSR count). The van der Waals surface area contributed by atoms with E-state index in [9.17, 15) is 9.59 Å². The van der Waals surface area contributed by atoms with Gasteiger partial charge in [-0.15, -0.1) is 0 Å². The van der Waals surface area contributed by atoms with Gasteiger partial charge in [0.25, 0.3) is 11.5 Å². The summed E-state index contributed by atoms with van der Waals surface area (Å²) in [5.74, 6) is 0.880. The quantitative estimate of drug-likeness (QED) is 0.385. The summed E-state index contributed by atoms with van der Waals surface area (Å²) in [4.78, 5) is 31.1. The summed E-state index contributed by atoms with van der Waals surface area (Å²) in [5, 5.41) is 6.72. The zero-order valence-electron chi connectivity index (χ0n) is 24.4. The minimum Gasteiger partial charge on any atom is -0.490 e. The zero-order chi connectivity index (χ0) is 28.9. The smallest absolute Gasteiger partial charge is 0.253 e. The van der Waals surface area contributed by atoms with Gasteiger partial charge in [-0.25, -0.2) is 0 Å². The number of aryl methyl sites for hydroxylation is 2. The highest BCUT2D eigenvalue weighted by molar-refractivity contribution is 6.36. The molecule has 1 saturated carbocycles. The van der Waals surface area contributed by atoms with Crippen molar-refractivity contribution in [2.75, 3.05) is 44.4 Å². The van der Waals surface area contributed by atoms with Gasteiger partial charge in [-0.3, -0.25) is 9.59 Å². The monoisotopic (exact) mass is 586 g/mol. The van der Waals surface area contributed by atoms with Crippen LogP contribution in [0.25, 0.3) is 0 Å². The number of benzene rings is 1. The highest BCUT2D eigenvalue weighted by Crippen LogP contribution is 2.40. The van der Waals surface area contributed by atoms with E-state index < -0.39 is 0 Å². The van der Waals surface area contributed by atoms with Crippen molar-refractivity contribution in [1.82, 2.24) is 15.6 Å². The van der Waals surface area contributed by atoms with E-state index in [-0.39, 0.29) is 36.3 Å². The molecular formula is C31H43ClN4O5. The fourth-order valence-electron chi connectivity index (χ4n) is 6.31. The molecule has 1 aromatic carbocycles. The van der Waals surface area contributed by atoms with Crippen LogP contribution in [0.1, 0.15) is 66.2 Å². The third-order valence-electron chi connectivity index (χ3n) is 8.57. The molecule has 0 bridgehead atoms. The van der Waals surface area contributed by atoms with E-state index in [4.69, 9.17) is 25.8 Å². The lowest BCUT2D eigenvalue weighted by Gasteiger charge is -2.39. The second-order valence-electron chi connectivity index (χ2n) is 11.6. The lowest BCUT2D eigenvalue weighted by molar-refractivity contribution is -0.0171. The predicted octanol–water partition coefficient (Wildman–Crippen LogP) is 4.12. The number of morpholine rings is 1. The van der Waals surface area contributed by atoms with Crippen molar-refractivity contribution in [2.45, 2.75) is 77.7 Å². The molecule has 2 saturated heterocycles. The molecule has 2 aliphatic heterocycles. The number of pyridine rings is 1. The van der Waals surface area contributed by atoms with Crippen LogP contribution in [0.2, 0.25) is 5.02 Å². The van der Waals surface area contributed by atoms with Gasteiger partial charge in [0.2, 0.25) is 0 Å². The van der Waals surface area contributed by atoms with Crippen LogP contribution in [0, 0.1) is 19.8 Å². The molecule has 10 heteroatoms. The van der Waals surface area contributed by atoms with Crippen molar-refractivity contribution in [3.05, 3.63) is 56.0 Å². The highest BCUT2D eigenvalue weighted by Gasteiger charge is 2.34. The van der Waals surface area contributed by atoms with E-state index in [1.807, 2.05) is 26.0 Å². The molecule has 1 atom stereocenters. The van der Waals surface area contributed by atoms with E-state index >= 15 is 0 Å². The standard InChI is InChI=1S/C31H43ClN4O5/c1-4-36(22-5-8-39-9-6-22)28-16-24(41-23-12-21(13-23)14-25-17-33-7-10-40-25)15-26(29(28)32)30(37)34-18-27-19(2)11-20(3)35-31(27)38/h11,15-16,21-23,25,33H,4-10,12-14,17-18H2,1-3H3,(H,34,37)(H,35,38). The van der Waals surface area contributed by atoms with Gasteiger partial charge in [-0.1, -0.05) is 11.6 Å². The van der Waals surface area contributed by atoms with Crippen LogP contribution in [0.4, 0.5) is 5.69 Å². The molecule has 41 heavy (non-hydrogen) atoms. The Hall–Kier alpha value is -2.59. The molecule has 2 aromatic rings. The van der Waals surface area contributed by atoms with Gasteiger partial charge >= 0.3 is 0 Å². The summed E-state index contributed by atoms with van der Waals surface area (Å²) in [7, 11) is 0. The molecule has 224 valence electrons. The maximum absolute atomic E-state index is 13.5. The molecule has 0 radical (unpaired) electrons.